The van der Waals surface area contributed by atoms with Gasteiger partial charge in [0.05, 0.1) is 12.3 Å². The predicted molar refractivity (Wildman–Crippen MR) is 176 cm³/mol. The van der Waals surface area contributed by atoms with Gasteiger partial charge in [-0.25, -0.2) is 0 Å². The van der Waals surface area contributed by atoms with Crippen LogP contribution in [0, 0.1) is 5.92 Å². The van der Waals surface area contributed by atoms with Gasteiger partial charge in [-0.1, -0.05) is 173 Å². The minimum absolute atomic E-state index is 0.140. The third-order valence-corrected chi connectivity index (χ3v) is 8.16. The van der Waals surface area contributed by atoms with Gasteiger partial charge in [0.25, 0.3) is 0 Å². The lowest BCUT2D eigenvalue weighted by Crippen LogP contribution is -2.21. The van der Waals surface area contributed by atoms with Crippen molar-refractivity contribution in [2.24, 2.45) is 5.92 Å². The van der Waals surface area contributed by atoms with Gasteiger partial charge in [-0.15, -0.1) is 0 Å². The molecule has 0 rings (SSSR count). The van der Waals surface area contributed by atoms with E-state index >= 15 is 0 Å². The molecule has 0 aliphatic heterocycles. The average molecular weight is 577 g/mol. The molecule has 0 saturated carbocycles. The second kappa shape index (κ2) is 32.9. The fourth-order valence-electron chi connectivity index (χ4n) is 5.53. The number of unbranched alkanes of at least 4 members (excludes halogenated alkanes) is 24. The topological polar surface area (TPSA) is 63.6 Å². The third-order valence-electron chi connectivity index (χ3n) is 8.16. The van der Waals surface area contributed by atoms with E-state index in [9.17, 15) is 9.59 Å². The molecule has 0 aromatic heterocycles. The summed E-state index contributed by atoms with van der Waals surface area (Å²) in [7, 11) is 0. The largest absolute Gasteiger partial charge is 0.481 e. The van der Waals surface area contributed by atoms with E-state index < -0.39 is 17.9 Å². The van der Waals surface area contributed by atoms with Gasteiger partial charge in [0.15, 0.2) is 0 Å². The first-order chi connectivity index (χ1) is 20.1. The number of esters is 1. The molecule has 0 amide bonds. The number of hydrogen-bond donors (Lipinski definition) is 1. The number of ether oxygens (including phenoxy) is 1. The zero-order chi connectivity index (χ0) is 30.1. The summed E-state index contributed by atoms with van der Waals surface area (Å²) in [6, 6.07) is 0. The number of rotatable bonds is 33. The molecule has 0 radical (unpaired) electrons. The van der Waals surface area contributed by atoms with Crippen molar-refractivity contribution in [1.82, 2.24) is 0 Å². The van der Waals surface area contributed by atoms with E-state index in [-0.39, 0.29) is 13.0 Å². The molecular weight excluding hydrogens is 508 g/mol. The summed E-state index contributed by atoms with van der Waals surface area (Å²) < 4.78 is 5.04. The summed E-state index contributed by atoms with van der Waals surface area (Å²) in [4.78, 5) is 23.0. The van der Waals surface area contributed by atoms with Crippen LogP contribution in [0.25, 0.3) is 0 Å². The second-order valence-electron chi connectivity index (χ2n) is 12.2. The molecule has 1 atom stereocenters. The van der Waals surface area contributed by atoms with Crippen LogP contribution in [-0.4, -0.2) is 23.7 Å². The smallest absolute Gasteiger partial charge is 0.309 e. The predicted octanol–water partition coefficient (Wildman–Crippen LogP) is 11.9. The van der Waals surface area contributed by atoms with Crippen molar-refractivity contribution >= 4 is 11.9 Å². The van der Waals surface area contributed by atoms with Crippen LogP contribution >= 0.6 is 0 Å². The molecular formula is C37H68O4. The summed E-state index contributed by atoms with van der Waals surface area (Å²) in [5.41, 5.74) is 0. The van der Waals surface area contributed by atoms with Crippen molar-refractivity contribution in [3.8, 4) is 0 Å². The van der Waals surface area contributed by atoms with Crippen LogP contribution in [0.3, 0.4) is 0 Å². The SMILES string of the molecule is C=CCOC(=O)C(CCCCCC/C=C/CCCCCCCCCCCCCCCCCCCCCC)CC(=O)O. The number of hydrogen-bond acceptors (Lipinski definition) is 3. The number of carboxylic acids is 1. The Balaban J connectivity index is 3.35. The molecule has 1 N–H and O–H groups in total. The molecule has 0 aromatic carbocycles. The Labute approximate surface area is 255 Å². The van der Waals surface area contributed by atoms with Crippen molar-refractivity contribution in [1.29, 1.82) is 0 Å². The Morgan fingerprint density at radius 1 is 0.610 bits per heavy atom. The van der Waals surface area contributed by atoms with Gasteiger partial charge in [-0.05, 0) is 32.1 Å². The minimum Gasteiger partial charge on any atom is -0.481 e. The van der Waals surface area contributed by atoms with Gasteiger partial charge in [-0.2, -0.15) is 0 Å². The van der Waals surface area contributed by atoms with Crippen LogP contribution in [0.1, 0.15) is 187 Å². The van der Waals surface area contributed by atoms with Gasteiger partial charge in [0.2, 0.25) is 0 Å². The maximum atomic E-state index is 12.0. The zero-order valence-electron chi connectivity index (χ0n) is 27.2. The first kappa shape index (κ1) is 39.4. The number of aliphatic carboxylic acids is 1. The van der Waals surface area contributed by atoms with Crippen molar-refractivity contribution in [3.63, 3.8) is 0 Å². The van der Waals surface area contributed by atoms with Crippen LogP contribution in [0.4, 0.5) is 0 Å². The molecule has 0 saturated heterocycles. The standard InChI is InChI=1S/C37H68O4/c1-3-5-6-7-8-9-10-11-12-13-14-15-16-17-18-19-20-21-22-23-24-25-26-27-28-29-30-31-32-35(34-36(38)39)37(40)41-33-4-2/h4,25-26,35H,2-3,5-24,27-34H2,1H3,(H,38,39)/b26-25+. The molecule has 0 spiro atoms. The summed E-state index contributed by atoms with van der Waals surface area (Å²) in [5.74, 6) is -1.91. The monoisotopic (exact) mass is 577 g/mol. The molecule has 4 nitrogen and oxygen atoms in total. The summed E-state index contributed by atoms with van der Waals surface area (Å²) in [6.45, 7) is 5.95. The van der Waals surface area contributed by atoms with Crippen LogP contribution in [0.5, 0.6) is 0 Å². The number of carboxylic acid groups (broad SMARTS) is 1. The van der Waals surface area contributed by atoms with E-state index in [0.717, 1.165) is 32.1 Å². The van der Waals surface area contributed by atoms with E-state index in [1.807, 2.05) is 0 Å². The van der Waals surface area contributed by atoms with E-state index in [2.05, 4.69) is 25.7 Å². The normalized spacial score (nSPS) is 12.1. The maximum Gasteiger partial charge on any atom is 0.309 e. The second-order valence-corrected chi connectivity index (χ2v) is 12.2. The van der Waals surface area contributed by atoms with Crippen molar-refractivity contribution in [3.05, 3.63) is 24.8 Å². The number of carbonyl (C=O) groups is 2. The van der Waals surface area contributed by atoms with Crippen molar-refractivity contribution in [2.45, 2.75) is 187 Å². The molecule has 0 aliphatic rings. The lowest BCUT2D eigenvalue weighted by atomic mass is 9.97. The van der Waals surface area contributed by atoms with Gasteiger partial charge in [-0.3, -0.25) is 9.59 Å². The van der Waals surface area contributed by atoms with Crippen LogP contribution in [-0.2, 0) is 14.3 Å². The quantitative estimate of drug-likeness (QED) is 0.0479. The average Bonchev–Trinajstić information content (AvgIpc) is 2.96. The molecule has 0 bridgehead atoms. The first-order valence-electron chi connectivity index (χ1n) is 17.8. The van der Waals surface area contributed by atoms with Crippen molar-refractivity contribution < 1.29 is 19.4 Å². The Hall–Kier alpha value is -1.58. The highest BCUT2D eigenvalue weighted by molar-refractivity contribution is 5.79. The van der Waals surface area contributed by atoms with Crippen molar-refractivity contribution in [2.75, 3.05) is 6.61 Å². The molecule has 240 valence electrons. The number of allylic oxidation sites excluding steroid dienone is 2. The van der Waals surface area contributed by atoms with E-state index in [1.165, 1.54) is 141 Å². The van der Waals surface area contributed by atoms with Gasteiger partial charge in [0.1, 0.15) is 6.61 Å². The van der Waals surface area contributed by atoms with E-state index in [0.29, 0.717) is 6.42 Å². The molecule has 4 heteroatoms. The zero-order valence-corrected chi connectivity index (χ0v) is 27.2. The molecule has 0 heterocycles. The highest BCUT2D eigenvalue weighted by Gasteiger charge is 2.22. The Morgan fingerprint density at radius 2 is 0.976 bits per heavy atom. The maximum absolute atomic E-state index is 12.0. The van der Waals surface area contributed by atoms with Gasteiger partial charge in [0, 0.05) is 0 Å². The molecule has 0 fully saturated rings. The fourth-order valence-corrected chi connectivity index (χ4v) is 5.53. The lowest BCUT2D eigenvalue weighted by molar-refractivity contribution is -0.152. The Kier molecular flexibility index (Phi) is 31.7. The molecule has 1 unspecified atom stereocenters. The first-order valence-corrected chi connectivity index (χ1v) is 17.8. The fraction of sp³-hybridized carbons (Fsp3) is 0.838. The van der Waals surface area contributed by atoms with Crippen LogP contribution in [0.15, 0.2) is 24.8 Å². The summed E-state index contributed by atoms with van der Waals surface area (Å²) in [5, 5.41) is 9.03. The minimum atomic E-state index is -0.948. The Morgan fingerprint density at radius 3 is 1.34 bits per heavy atom. The third kappa shape index (κ3) is 31.2. The van der Waals surface area contributed by atoms with E-state index in [4.69, 9.17) is 9.84 Å². The van der Waals surface area contributed by atoms with Gasteiger partial charge >= 0.3 is 11.9 Å². The molecule has 0 aromatic rings. The van der Waals surface area contributed by atoms with Crippen LogP contribution < -0.4 is 0 Å². The summed E-state index contributed by atoms with van der Waals surface area (Å²) in [6.07, 6.45) is 41.6. The summed E-state index contributed by atoms with van der Waals surface area (Å²) >= 11 is 0. The highest BCUT2D eigenvalue weighted by atomic mass is 16.5. The van der Waals surface area contributed by atoms with Crippen LogP contribution in [0.2, 0.25) is 0 Å². The molecule has 41 heavy (non-hydrogen) atoms. The van der Waals surface area contributed by atoms with E-state index in [1.54, 1.807) is 0 Å². The Bertz CT molecular complexity index is 612. The lowest BCUT2D eigenvalue weighted by Gasteiger charge is -2.13. The molecule has 0 aliphatic carbocycles. The highest BCUT2D eigenvalue weighted by Crippen LogP contribution is 2.18. The number of carbonyl (C=O) groups excluding carboxylic acids is 1. The van der Waals surface area contributed by atoms with Gasteiger partial charge < -0.3 is 9.84 Å².